The zero-order valence-electron chi connectivity index (χ0n) is 23.2. The van der Waals surface area contributed by atoms with Crippen molar-refractivity contribution in [3.05, 3.63) is 84.1 Å². The van der Waals surface area contributed by atoms with Crippen molar-refractivity contribution in [2.45, 2.75) is 46.7 Å². The van der Waals surface area contributed by atoms with Crippen molar-refractivity contribution < 1.29 is 14.3 Å². The predicted molar refractivity (Wildman–Crippen MR) is 153 cm³/mol. The van der Waals surface area contributed by atoms with Crippen LogP contribution in [0.2, 0.25) is 0 Å². The smallest absolute Gasteiger partial charge is 0.293 e. The van der Waals surface area contributed by atoms with Crippen molar-refractivity contribution in [1.82, 2.24) is 19.1 Å². The molecule has 2 aromatic carbocycles. The highest BCUT2D eigenvalue weighted by Crippen LogP contribution is 2.39. The molecule has 0 fully saturated rings. The van der Waals surface area contributed by atoms with Crippen LogP contribution in [0.15, 0.2) is 67.3 Å². The summed E-state index contributed by atoms with van der Waals surface area (Å²) in [7, 11) is 2.17. The molecule has 1 aliphatic heterocycles. The van der Waals surface area contributed by atoms with E-state index in [-0.39, 0.29) is 6.04 Å². The number of ether oxygens (including phenoxy) is 2. The largest absolute Gasteiger partial charge is 0.492 e. The monoisotopic (exact) mass is 519 g/mol. The molecule has 8 nitrogen and oxygen atoms in total. The van der Waals surface area contributed by atoms with Crippen LogP contribution in [0.4, 0.5) is 0 Å². The molecule has 4 aromatic rings. The third kappa shape index (κ3) is 6.95. The fourth-order valence-electron chi connectivity index (χ4n) is 4.62. The van der Waals surface area contributed by atoms with Crippen molar-refractivity contribution in [3.63, 3.8) is 0 Å². The van der Waals surface area contributed by atoms with Gasteiger partial charge in [0.2, 0.25) is 0 Å². The van der Waals surface area contributed by atoms with Gasteiger partial charge in [-0.2, -0.15) is 0 Å². The summed E-state index contributed by atoms with van der Waals surface area (Å²) < 4.78 is 14.2. The first kappa shape index (κ1) is 28.8. The Kier molecular flexibility index (Phi) is 10.8. The van der Waals surface area contributed by atoms with Gasteiger partial charge in [0.25, 0.3) is 6.47 Å². The van der Waals surface area contributed by atoms with Crippen LogP contribution in [0, 0.1) is 5.92 Å². The summed E-state index contributed by atoms with van der Waals surface area (Å²) in [6, 6.07) is 17.0. The van der Waals surface area contributed by atoms with E-state index in [1.54, 1.807) is 12.5 Å². The van der Waals surface area contributed by atoms with Crippen molar-refractivity contribution in [2.24, 2.45) is 5.92 Å². The Morgan fingerprint density at radius 3 is 2.50 bits per heavy atom. The molecule has 0 amide bonds. The Morgan fingerprint density at radius 2 is 1.87 bits per heavy atom. The maximum absolute atomic E-state index is 9.49. The highest BCUT2D eigenvalue weighted by Gasteiger charge is 2.31. The van der Waals surface area contributed by atoms with Crippen LogP contribution in [-0.2, 0) is 22.5 Å². The summed E-state index contributed by atoms with van der Waals surface area (Å²) in [5.41, 5.74) is 4.88. The zero-order chi connectivity index (χ0) is 27.5. The minimum atomic E-state index is 0.135. The van der Waals surface area contributed by atoms with Gasteiger partial charge in [-0.15, -0.1) is 0 Å². The minimum absolute atomic E-state index is 0.135. The lowest BCUT2D eigenvalue weighted by atomic mass is 9.93. The van der Waals surface area contributed by atoms with Crippen molar-refractivity contribution in [1.29, 1.82) is 0 Å². The fraction of sp³-hybridized carbons (Fsp3) is 0.400. The second-order valence-corrected chi connectivity index (χ2v) is 9.43. The number of hydrogen-bond donors (Lipinski definition) is 1. The van der Waals surface area contributed by atoms with E-state index in [2.05, 4.69) is 64.1 Å². The molecule has 0 bridgehead atoms. The molecule has 0 aliphatic carbocycles. The molecule has 5 rings (SSSR count). The Balaban J connectivity index is 0.000000389. The van der Waals surface area contributed by atoms with Gasteiger partial charge in [0.05, 0.1) is 36.7 Å². The third-order valence-electron chi connectivity index (χ3n) is 6.34. The first-order valence-corrected chi connectivity index (χ1v) is 13.3. The molecule has 8 heteroatoms. The van der Waals surface area contributed by atoms with E-state index in [1.807, 2.05) is 49.2 Å². The molecular weight excluding hydrogens is 478 g/mol. The molecule has 1 unspecified atom stereocenters. The predicted octanol–water partition coefficient (Wildman–Crippen LogP) is 5.05. The number of fused-ring (bicyclic) bond motifs is 3. The number of aromatic nitrogens is 3. The van der Waals surface area contributed by atoms with E-state index in [0.29, 0.717) is 25.6 Å². The standard InChI is InChI=1S/C23H25N5O.C5H10O2.C2H6/c1-26-12-10-20-19-4-2-3-5-21(19)28(24)23(20)22(26)17-6-8-18(9-7-17)29-15-14-27-13-11-25-16-27;1-5(2)3-7-4-6;1-2/h2-9,11,13,16,22H,10,12,14-15,24H2,1H3;4-5H,3H2,1-2H3;1-2H3. The van der Waals surface area contributed by atoms with E-state index in [0.717, 1.165) is 30.8 Å². The fourth-order valence-corrected chi connectivity index (χ4v) is 4.62. The number of hydrogen-bond acceptors (Lipinski definition) is 6. The first-order chi connectivity index (χ1) is 18.5. The van der Waals surface area contributed by atoms with Crippen LogP contribution in [0.1, 0.15) is 50.6 Å². The first-order valence-electron chi connectivity index (χ1n) is 13.3. The highest BCUT2D eigenvalue weighted by molar-refractivity contribution is 5.86. The average molecular weight is 520 g/mol. The van der Waals surface area contributed by atoms with Crippen molar-refractivity contribution >= 4 is 17.4 Å². The molecule has 0 saturated carbocycles. The number of imidazole rings is 1. The number of likely N-dealkylation sites (N-methyl/N-ethyl adjacent to an activating group) is 1. The maximum atomic E-state index is 9.49. The van der Waals surface area contributed by atoms with E-state index in [1.165, 1.54) is 22.2 Å². The Morgan fingerprint density at radius 1 is 1.13 bits per heavy atom. The average Bonchev–Trinajstić information content (AvgIpc) is 3.56. The van der Waals surface area contributed by atoms with Gasteiger partial charge in [-0.1, -0.05) is 58.0 Å². The Hall–Kier alpha value is -3.78. The van der Waals surface area contributed by atoms with Crippen LogP contribution in [0.25, 0.3) is 10.9 Å². The summed E-state index contributed by atoms with van der Waals surface area (Å²) in [6.07, 6.45) is 6.53. The molecule has 0 saturated heterocycles. The molecule has 1 aliphatic rings. The molecule has 38 heavy (non-hydrogen) atoms. The van der Waals surface area contributed by atoms with Gasteiger partial charge in [-0.25, -0.2) is 4.98 Å². The van der Waals surface area contributed by atoms with Gasteiger partial charge in [-0.3, -0.25) is 14.4 Å². The van der Waals surface area contributed by atoms with Gasteiger partial charge < -0.3 is 19.9 Å². The van der Waals surface area contributed by atoms with Crippen LogP contribution in [0.5, 0.6) is 5.75 Å². The quantitative estimate of drug-likeness (QED) is 0.259. The lowest BCUT2D eigenvalue weighted by Gasteiger charge is -2.34. The minimum Gasteiger partial charge on any atom is -0.492 e. The summed E-state index contributed by atoms with van der Waals surface area (Å²) >= 11 is 0. The topological polar surface area (TPSA) is 87.5 Å². The van der Waals surface area contributed by atoms with E-state index < -0.39 is 0 Å². The summed E-state index contributed by atoms with van der Waals surface area (Å²) in [6.45, 7) is 11.4. The Labute approximate surface area is 225 Å². The normalized spacial score (nSPS) is 14.6. The molecule has 0 spiro atoms. The molecular formula is C30H41N5O3. The van der Waals surface area contributed by atoms with Crippen LogP contribution < -0.4 is 10.6 Å². The van der Waals surface area contributed by atoms with Gasteiger partial charge in [-0.05, 0) is 48.7 Å². The van der Waals surface area contributed by atoms with E-state index in [9.17, 15) is 4.79 Å². The summed E-state index contributed by atoms with van der Waals surface area (Å²) in [4.78, 5) is 15.9. The molecule has 2 N–H and O–H groups in total. The SMILES string of the molecule is CC.CC(C)COC=O.CN1CCc2c(n(N)c3ccccc23)C1c1ccc(OCCn2ccnc2)cc1. The van der Waals surface area contributed by atoms with Gasteiger partial charge in [0, 0.05) is 24.3 Å². The summed E-state index contributed by atoms with van der Waals surface area (Å²) in [5, 5.41) is 1.27. The number of nitrogens with zero attached hydrogens (tertiary/aromatic N) is 4. The number of nitrogens with two attached hydrogens (primary N) is 1. The van der Waals surface area contributed by atoms with Crippen molar-refractivity contribution in [2.75, 3.05) is 32.6 Å². The second kappa shape index (κ2) is 14.2. The number of carbonyl (C=O) groups is 1. The highest BCUT2D eigenvalue weighted by atomic mass is 16.5. The van der Waals surface area contributed by atoms with E-state index >= 15 is 0 Å². The van der Waals surface area contributed by atoms with Crippen LogP contribution >= 0.6 is 0 Å². The van der Waals surface area contributed by atoms with Gasteiger partial charge >= 0.3 is 0 Å². The molecule has 1 atom stereocenters. The van der Waals surface area contributed by atoms with Crippen LogP contribution in [-0.4, -0.2) is 52.4 Å². The third-order valence-corrected chi connectivity index (χ3v) is 6.34. The van der Waals surface area contributed by atoms with Gasteiger partial charge in [0.15, 0.2) is 0 Å². The number of nitrogen functional groups attached to an aromatic ring is 1. The zero-order valence-corrected chi connectivity index (χ0v) is 23.2. The number of benzene rings is 2. The van der Waals surface area contributed by atoms with Gasteiger partial charge in [0.1, 0.15) is 12.4 Å². The lowest BCUT2D eigenvalue weighted by Crippen LogP contribution is -2.35. The molecule has 0 radical (unpaired) electrons. The molecule has 3 heterocycles. The van der Waals surface area contributed by atoms with Crippen LogP contribution in [0.3, 0.4) is 0 Å². The van der Waals surface area contributed by atoms with Crippen molar-refractivity contribution in [3.8, 4) is 5.75 Å². The van der Waals surface area contributed by atoms with E-state index in [4.69, 9.17) is 10.6 Å². The molecule has 204 valence electrons. The Bertz CT molecular complexity index is 1250. The number of rotatable bonds is 8. The number of para-hydroxylation sites is 1. The summed E-state index contributed by atoms with van der Waals surface area (Å²) in [5.74, 6) is 7.87. The number of carbonyl (C=O) groups excluding carboxylic acids is 1. The molecule has 2 aromatic heterocycles. The second-order valence-electron chi connectivity index (χ2n) is 9.43. The maximum Gasteiger partial charge on any atom is 0.293 e. The lowest BCUT2D eigenvalue weighted by molar-refractivity contribution is -0.129.